The summed E-state index contributed by atoms with van der Waals surface area (Å²) in [4.78, 5) is 13.8. The van der Waals surface area contributed by atoms with Crippen LogP contribution in [0.15, 0.2) is 10.8 Å². The lowest BCUT2D eigenvalue weighted by Crippen LogP contribution is -1.86. The van der Waals surface area contributed by atoms with Gasteiger partial charge in [0, 0.05) is 6.08 Å². The number of carboxylic acid groups (broad SMARTS) is 1. The van der Waals surface area contributed by atoms with Crippen molar-refractivity contribution in [3.8, 4) is 0 Å². The van der Waals surface area contributed by atoms with Crippen LogP contribution in [0.3, 0.4) is 0 Å². The van der Waals surface area contributed by atoms with Crippen LogP contribution in [0.5, 0.6) is 0 Å². The first-order chi connectivity index (χ1) is 5.18. The Balaban J connectivity index is 2.71. The van der Waals surface area contributed by atoms with Crippen LogP contribution in [0.4, 0.5) is 0 Å². The number of hydrogen-bond donors (Lipinski definition) is 2. The van der Waals surface area contributed by atoms with Crippen LogP contribution in [0.2, 0.25) is 0 Å². The Labute approximate surface area is 70.3 Å². The molecule has 1 aromatic heterocycles. The lowest BCUT2D eigenvalue weighted by Gasteiger charge is -1.76. The lowest BCUT2D eigenvalue weighted by molar-refractivity contribution is -0.131. The highest BCUT2D eigenvalue weighted by Crippen LogP contribution is 2.01. The number of carbonyl (C=O) groups is 1. The standard InChI is InChI=1S/C5H4BrN3O2/c6-5-7-3(8-9-5)1-2-4(10)11/h1-2H,(H,10,11)(H,7,8,9). The molecule has 0 aromatic carbocycles. The van der Waals surface area contributed by atoms with E-state index in [-0.39, 0.29) is 0 Å². The van der Waals surface area contributed by atoms with E-state index in [9.17, 15) is 4.79 Å². The Morgan fingerprint density at radius 1 is 1.73 bits per heavy atom. The van der Waals surface area contributed by atoms with Crippen LogP contribution >= 0.6 is 15.9 Å². The zero-order valence-corrected chi connectivity index (χ0v) is 6.87. The third-order valence-corrected chi connectivity index (χ3v) is 1.21. The third-order valence-electron chi connectivity index (χ3n) is 0.850. The minimum atomic E-state index is -1.02. The summed E-state index contributed by atoms with van der Waals surface area (Å²) in [6, 6.07) is 0. The summed E-state index contributed by atoms with van der Waals surface area (Å²) in [5, 5.41) is 14.4. The second kappa shape index (κ2) is 3.29. The van der Waals surface area contributed by atoms with Crippen molar-refractivity contribution in [2.24, 2.45) is 0 Å². The molecule has 0 fully saturated rings. The molecule has 0 atom stereocenters. The third kappa shape index (κ3) is 2.50. The molecule has 58 valence electrons. The monoisotopic (exact) mass is 217 g/mol. The number of halogens is 1. The zero-order valence-electron chi connectivity index (χ0n) is 5.28. The van der Waals surface area contributed by atoms with E-state index in [2.05, 4.69) is 31.1 Å². The van der Waals surface area contributed by atoms with Gasteiger partial charge < -0.3 is 5.11 Å². The molecular formula is C5H4BrN3O2. The van der Waals surface area contributed by atoms with Crippen LogP contribution in [0.1, 0.15) is 5.82 Å². The predicted molar refractivity (Wildman–Crippen MR) is 40.8 cm³/mol. The molecule has 1 aromatic rings. The van der Waals surface area contributed by atoms with Crippen LogP contribution < -0.4 is 0 Å². The van der Waals surface area contributed by atoms with Crippen molar-refractivity contribution in [3.63, 3.8) is 0 Å². The fourth-order valence-electron chi connectivity index (χ4n) is 0.474. The molecule has 11 heavy (non-hydrogen) atoms. The van der Waals surface area contributed by atoms with Gasteiger partial charge in [0.1, 0.15) is 0 Å². The van der Waals surface area contributed by atoms with E-state index >= 15 is 0 Å². The zero-order chi connectivity index (χ0) is 8.27. The number of H-pyrrole nitrogens is 1. The molecule has 0 unspecified atom stereocenters. The van der Waals surface area contributed by atoms with E-state index in [0.29, 0.717) is 10.6 Å². The van der Waals surface area contributed by atoms with Crippen molar-refractivity contribution in [3.05, 3.63) is 16.6 Å². The largest absolute Gasteiger partial charge is 0.478 e. The predicted octanol–water partition coefficient (Wildman–Crippen LogP) is 0.665. The molecule has 0 aliphatic carbocycles. The normalized spacial score (nSPS) is 10.6. The van der Waals surface area contributed by atoms with E-state index in [0.717, 1.165) is 6.08 Å². The molecule has 0 radical (unpaired) electrons. The summed E-state index contributed by atoms with van der Waals surface area (Å²) in [5.74, 6) is -0.690. The van der Waals surface area contributed by atoms with Gasteiger partial charge in [-0.2, -0.15) is 5.10 Å². The maximum Gasteiger partial charge on any atom is 0.328 e. The SMILES string of the molecule is O=C(O)C=Cc1n[nH]c(Br)n1. The van der Waals surface area contributed by atoms with E-state index in [4.69, 9.17) is 5.11 Å². The molecule has 0 aliphatic rings. The Morgan fingerprint density at radius 3 is 2.91 bits per heavy atom. The van der Waals surface area contributed by atoms with E-state index in [1.54, 1.807) is 0 Å². The van der Waals surface area contributed by atoms with E-state index < -0.39 is 5.97 Å². The first kappa shape index (κ1) is 7.93. The highest BCUT2D eigenvalue weighted by atomic mass is 79.9. The van der Waals surface area contributed by atoms with Crippen molar-refractivity contribution >= 4 is 28.0 Å². The lowest BCUT2D eigenvalue weighted by atomic mass is 10.5. The molecular weight excluding hydrogens is 214 g/mol. The Morgan fingerprint density at radius 2 is 2.45 bits per heavy atom. The van der Waals surface area contributed by atoms with Gasteiger partial charge in [-0.15, -0.1) is 0 Å². The summed E-state index contributed by atoms with van der Waals surface area (Å²) in [7, 11) is 0. The van der Waals surface area contributed by atoms with Crippen molar-refractivity contribution in [2.75, 3.05) is 0 Å². The highest BCUT2D eigenvalue weighted by molar-refractivity contribution is 9.10. The summed E-state index contributed by atoms with van der Waals surface area (Å²) >= 11 is 3.03. The average Bonchev–Trinajstić information content (AvgIpc) is 2.31. The second-order valence-electron chi connectivity index (χ2n) is 1.66. The molecule has 0 saturated carbocycles. The maximum atomic E-state index is 10.0. The molecule has 6 heteroatoms. The summed E-state index contributed by atoms with van der Waals surface area (Å²) in [6.07, 6.45) is 2.26. The number of hydrogen-bond acceptors (Lipinski definition) is 3. The minimum Gasteiger partial charge on any atom is -0.478 e. The minimum absolute atomic E-state index is 0.333. The average molecular weight is 218 g/mol. The molecule has 0 saturated heterocycles. The first-order valence-electron chi connectivity index (χ1n) is 2.67. The molecule has 0 amide bonds. The number of nitrogens with zero attached hydrogens (tertiary/aromatic N) is 2. The van der Waals surface area contributed by atoms with E-state index in [1.807, 2.05) is 0 Å². The van der Waals surface area contributed by atoms with Gasteiger partial charge in [-0.05, 0) is 22.0 Å². The van der Waals surface area contributed by atoms with Gasteiger partial charge in [-0.1, -0.05) is 0 Å². The number of aromatic amines is 1. The molecule has 1 rings (SSSR count). The summed E-state index contributed by atoms with van der Waals surface area (Å²) in [5.41, 5.74) is 0. The summed E-state index contributed by atoms with van der Waals surface area (Å²) < 4.78 is 0.475. The van der Waals surface area contributed by atoms with Gasteiger partial charge in [0.25, 0.3) is 0 Å². The van der Waals surface area contributed by atoms with Gasteiger partial charge in [-0.25, -0.2) is 9.78 Å². The van der Waals surface area contributed by atoms with Gasteiger partial charge in [-0.3, -0.25) is 5.10 Å². The smallest absolute Gasteiger partial charge is 0.328 e. The van der Waals surface area contributed by atoms with Crippen molar-refractivity contribution in [1.82, 2.24) is 15.2 Å². The van der Waals surface area contributed by atoms with E-state index in [1.165, 1.54) is 6.08 Å². The molecule has 5 nitrogen and oxygen atoms in total. The van der Waals surface area contributed by atoms with Gasteiger partial charge in [0.15, 0.2) is 10.6 Å². The molecule has 0 bridgehead atoms. The molecule has 0 aliphatic heterocycles. The number of carboxylic acids is 1. The Bertz CT molecular complexity index is 294. The van der Waals surface area contributed by atoms with Crippen molar-refractivity contribution in [1.29, 1.82) is 0 Å². The number of aliphatic carboxylic acids is 1. The maximum absolute atomic E-state index is 10.0. The topological polar surface area (TPSA) is 78.9 Å². The van der Waals surface area contributed by atoms with Gasteiger partial charge >= 0.3 is 5.97 Å². The van der Waals surface area contributed by atoms with Gasteiger partial charge in [0.2, 0.25) is 0 Å². The molecule has 2 N–H and O–H groups in total. The second-order valence-corrected chi connectivity index (χ2v) is 2.41. The fourth-order valence-corrected chi connectivity index (χ4v) is 0.745. The van der Waals surface area contributed by atoms with Crippen LogP contribution in [0, 0.1) is 0 Å². The summed E-state index contributed by atoms with van der Waals surface area (Å²) in [6.45, 7) is 0. The van der Waals surface area contributed by atoms with Crippen LogP contribution in [-0.4, -0.2) is 26.3 Å². The van der Waals surface area contributed by atoms with Crippen LogP contribution in [0.25, 0.3) is 6.08 Å². The fraction of sp³-hybridized carbons (Fsp3) is 0. The molecule has 1 heterocycles. The highest BCUT2D eigenvalue weighted by Gasteiger charge is 1.95. The van der Waals surface area contributed by atoms with Crippen molar-refractivity contribution < 1.29 is 9.90 Å². The van der Waals surface area contributed by atoms with Crippen LogP contribution in [-0.2, 0) is 4.79 Å². The Hall–Kier alpha value is -1.17. The van der Waals surface area contributed by atoms with Gasteiger partial charge in [0.05, 0.1) is 0 Å². The van der Waals surface area contributed by atoms with Crippen molar-refractivity contribution in [2.45, 2.75) is 0 Å². The number of aromatic nitrogens is 3. The quantitative estimate of drug-likeness (QED) is 0.714. The first-order valence-corrected chi connectivity index (χ1v) is 3.46. The number of nitrogens with one attached hydrogen (secondary N) is 1. The Kier molecular flexibility index (Phi) is 2.37. The molecule has 0 spiro atoms. The number of rotatable bonds is 2.